The van der Waals surface area contributed by atoms with Crippen molar-refractivity contribution in [2.75, 3.05) is 19.0 Å². The average molecular weight is 407 g/mol. The molecule has 5 nitrogen and oxygen atoms in total. The maximum Gasteiger partial charge on any atom is 0.257 e. The molecule has 0 saturated heterocycles. The average Bonchev–Trinajstić information content (AvgIpc) is 2.97. The Labute approximate surface area is 151 Å². The Bertz CT molecular complexity index is 862. The number of carbonyl (C=O) groups is 1. The monoisotopic (exact) mass is 406 g/mol. The molecule has 1 heterocycles. The molecule has 0 saturated carbocycles. The molecular weight excluding hydrogens is 392 g/mol. The summed E-state index contributed by atoms with van der Waals surface area (Å²) >= 11 is 4.85. The van der Waals surface area contributed by atoms with Crippen LogP contribution in [0.5, 0.6) is 11.5 Å². The highest BCUT2D eigenvalue weighted by Crippen LogP contribution is 2.37. The summed E-state index contributed by atoms with van der Waals surface area (Å²) in [5, 5.41) is 3.39. The summed E-state index contributed by atoms with van der Waals surface area (Å²) in [5.41, 5.74) is 1.33. The molecule has 1 aromatic heterocycles. The molecule has 0 radical (unpaired) electrons. The number of methoxy groups -OCH3 is 1. The van der Waals surface area contributed by atoms with Crippen LogP contribution >= 0.6 is 27.3 Å². The number of hydrogen-bond donors (Lipinski definition) is 1. The molecule has 2 aromatic carbocycles. The molecule has 0 aliphatic rings. The Balaban J connectivity index is 1.89. The van der Waals surface area contributed by atoms with Gasteiger partial charge in [-0.3, -0.25) is 10.1 Å². The summed E-state index contributed by atoms with van der Waals surface area (Å²) in [6.07, 6.45) is 0. The quantitative estimate of drug-likeness (QED) is 0.665. The first kappa shape index (κ1) is 16.7. The van der Waals surface area contributed by atoms with Gasteiger partial charge in [0.05, 0.1) is 28.4 Å². The Morgan fingerprint density at radius 2 is 2.12 bits per heavy atom. The fourth-order valence-electron chi connectivity index (χ4n) is 2.26. The molecule has 0 fully saturated rings. The van der Waals surface area contributed by atoms with Crippen LogP contribution in [0.4, 0.5) is 5.13 Å². The minimum Gasteiger partial charge on any atom is -0.492 e. The molecular formula is C17H15BrN2O3S. The molecule has 0 bridgehead atoms. The SMILES string of the molecule is CCOc1cc(C(=O)Nc2nc3ccccc3s2)cc(Br)c1OC. The van der Waals surface area contributed by atoms with E-state index >= 15 is 0 Å². The number of benzene rings is 2. The number of amides is 1. The van der Waals surface area contributed by atoms with Crippen molar-refractivity contribution in [3.63, 3.8) is 0 Å². The lowest BCUT2D eigenvalue weighted by Gasteiger charge is -2.12. The maximum atomic E-state index is 12.5. The summed E-state index contributed by atoms with van der Waals surface area (Å²) in [6, 6.07) is 11.1. The van der Waals surface area contributed by atoms with Crippen LogP contribution in [0.2, 0.25) is 0 Å². The van der Waals surface area contributed by atoms with Crippen molar-refractivity contribution in [1.29, 1.82) is 0 Å². The van der Waals surface area contributed by atoms with Crippen molar-refractivity contribution >= 4 is 48.5 Å². The van der Waals surface area contributed by atoms with Crippen LogP contribution in [0.25, 0.3) is 10.2 Å². The van der Waals surface area contributed by atoms with Gasteiger partial charge in [0.1, 0.15) is 0 Å². The van der Waals surface area contributed by atoms with E-state index in [4.69, 9.17) is 9.47 Å². The molecule has 0 aliphatic heterocycles. The van der Waals surface area contributed by atoms with Crippen LogP contribution < -0.4 is 14.8 Å². The third kappa shape index (κ3) is 3.37. The zero-order chi connectivity index (χ0) is 17.1. The number of para-hydroxylation sites is 1. The number of halogens is 1. The van der Waals surface area contributed by atoms with Crippen molar-refractivity contribution in [2.45, 2.75) is 6.92 Å². The number of carbonyl (C=O) groups excluding carboxylic acids is 1. The van der Waals surface area contributed by atoms with Crippen molar-refractivity contribution in [3.05, 3.63) is 46.4 Å². The van der Waals surface area contributed by atoms with Crippen LogP contribution in [0, 0.1) is 0 Å². The maximum absolute atomic E-state index is 12.5. The van der Waals surface area contributed by atoms with E-state index in [0.717, 1.165) is 10.2 Å². The van der Waals surface area contributed by atoms with Crippen LogP contribution in [0.3, 0.4) is 0 Å². The second-order valence-electron chi connectivity index (χ2n) is 4.86. The van der Waals surface area contributed by atoms with E-state index in [2.05, 4.69) is 26.2 Å². The number of hydrogen-bond acceptors (Lipinski definition) is 5. The van der Waals surface area contributed by atoms with Gasteiger partial charge in [-0.2, -0.15) is 0 Å². The van der Waals surface area contributed by atoms with Crippen molar-refractivity contribution in [2.24, 2.45) is 0 Å². The molecule has 0 unspecified atom stereocenters. The lowest BCUT2D eigenvalue weighted by molar-refractivity contribution is 0.102. The molecule has 0 aliphatic carbocycles. The van der Waals surface area contributed by atoms with E-state index in [1.54, 1.807) is 19.2 Å². The van der Waals surface area contributed by atoms with Crippen molar-refractivity contribution in [1.82, 2.24) is 4.98 Å². The highest BCUT2D eigenvalue weighted by Gasteiger charge is 2.16. The van der Waals surface area contributed by atoms with Gasteiger partial charge in [-0.15, -0.1) is 0 Å². The molecule has 7 heteroatoms. The number of anilines is 1. The molecule has 3 aromatic rings. The molecule has 3 rings (SSSR count). The standard InChI is InChI=1S/C17H15BrN2O3S/c1-3-23-13-9-10(8-11(18)15(13)22-2)16(21)20-17-19-12-6-4-5-7-14(12)24-17/h4-9H,3H2,1-2H3,(H,19,20,21). The highest BCUT2D eigenvalue weighted by atomic mass is 79.9. The number of nitrogens with zero attached hydrogens (tertiary/aromatic N) is 1. The van der Waals surface area contributed by atoms with Crippen LogP contribution in [0.15, 0.2) is 40.9 Å². The summed E-state index contributed by atoms with van der Waals surface area (Å²) in [5.74, 6) is 0.829. The van der Waals surface area contributed by atoms with Gasteiger partial charge in [-0.1, -0.05) is 23.5 Å². The Kier molecular flexibility index (Phi) is 5.01. The Morgan fingerprint density at radius 3 is 2.83 bits per heavy atom. The van der Waals surface area contributed by atoms with Crippen molar-refractivity contribution in [3.8, 4) is 11.5 Å². The number of thiazole rings is 1. The fraction of sp³-hybridized carbons (Fsp3) is 0.176. The van der Waals surface area contributed by atoms with Gasteiger partial charge in [0.2, 0.25) is 0 Å². The van der Waals surface area contributed by atoms with Crippen LogP contribution in [-0.4, -0.2) is 24.6 Å². The first-order chi connectivity index (χ1) is 11.6. The third-order valence-corrected chi connectivity index (χ3v) is 4.83. The molecule has 1 N–H and O–H groups in total. The van der Waals surface area contributed by atoms with E-state index in [-0.39, 0.29) is 5.91 Å². The summed E-state index contributed by atoms with van der Waals surface area (Å²) in [7, 11) is 1.56. The number of fused-ring (bicyclic) bond motifs is 1. The lowest BCUT2D eigenvalue weighted by atomic mass is 10.2. The predicted molar refractivity (Wildman–Crippen MR) is 99.4 cm³/mol. The molecule has 1 amide bonds. The summed E-state index contributed by atoms with van der Waals surface area (Å²) < 4.78 is 12.5. The topological polar surface area (TPSA) is 60.5 Å². The van der Waals surface area contributed by atoms with Gasteiger partial charge in [0.15, 0.2) is 16.6 Å². The summed E-state index contributed by atoms with van der Waals surface area (Å²) in [4.78, 5) is 16.9. The van der Waals surface area contributed by atoms with E-state index in [9.17, 15) is 4.79 Å². The Hall–Kier alpha value is -2.12. The minimum absolute atomic E-state index is 0.252. The zero-order valence-corrected chi connectivity index (χ0v) is 15.5. The number of nitrogens with one attached hydrogen (secondary N) is 1. The number of ether oxygens (including phenoxy) is 2. The van der Waals surface area contributed by atoms with E-state index in [0.29, 0.717) is 33.3 Å². The van der Waals surface area contributed by atoms with Gasteiger partial charge in [0.25, 0.3) is 5.91 Å². The second kappa shape index (κ2) is 7.19. The normalized spacial score (nSPS) is 10.6. The van der Waals surface area contributed by atoms with Gasteiger partial charge >= 0.3 is 0 Å². The number of rotatable bonds is 5. The molecule has 24 heavy (non-hydrogen) atoms. The smallest absolute Gasteiger partial charge is 0.257 e. The first-order valence-electron chi connectivity index (χ1n) is 7.29. The second-order valence-corrected chi connectivity index (χ2v) is 6.75. The first-order valence-corrected chi connectivity index (χ1v) is 8.90. The summed E-state index contributed by atoms with van der Waals surface area (Å²) in [6.45, 7) is 2.35. The van der Waals surface area contributed by atoms with E-state index in [1.165, 1.54) is 11.3 Å². The lowest BCUT2D eigenvalue weighted by Crippen LogP contribution is -2.12. The van der Waals surface area contributed by atoms with E-state index in [1.807, 2.05) is 31.2 Å². The van der Waals surface area contributed by atoms with E-state index < -0.39 is 0 Å². The highest BCUT2D eigenvalue weighted by molar-refractivity contribution is 9.10. The van der Waals surface area contributed by atoms with Gasteiger partial charge in [-0.25, -0.2) is 4.98 Å². The third-order valence-electron chi connectivity index (χ3n) is 3.29. The van der Waals surface area contributed by atoms with Gasteiger partial charge < -0.3 is 9.47 Å². The van der Waals surface area contributed by atoms with Crippen molar-refractivity contribution < 1.29 is 14.3 Å². The van der Waals surface area contributed by atoms with Crippen LogP contribution in [-0.2, 0) is 0 Å². The zero-order valence-electron chi connectivity index (χ0n) is 13.1. The predicted octanol–water partition coefficient (Wildman–Crippen LogP) is 4.72. The minimum atomic E-state index is -0.252. The van der Waals surface area contributed by atoms with Gasteiger partial charge in [0, 0.05) is 5.56 Å². The largest absolute Gasteiger partial charge is 0.492 e. The van der Waals surface area contributed by atoms with Gasteiger partial charge in [-0.05, 0) is 47.1 Å². The number of aromatic nitrogens is 1. The van der Waals surface area contributed by atoms with Crippen LogP contribution in [0.1, 0.15) is 17.3 Å². The fourth-order valence-corrected chi connectivity index (χ4v) is 3.72. The Morgan fingerprint density at radius 1 is 1.33 bits per heavy atom. The molecule has 0 spiro atoms. The molecule has 124 valence electrons. The molecule has 0 atom stereocenters.